The zero-order valence-electron chi connectivity index (χ0n) is 19.2. The number of carboxylic acids is 1. The molecule has 1 unspecified atom stereocenters. The summed E-state index contributed by atoms with van der Waals surface area (Å²) in [7, 11) is 0. The standard InChI is InChI=1S/C27H23F3N2O4/c1-26(25(34)35,19-10-12-20(13-11-19)27(28,29)30)32-23(33)14-18-15-31-21-8-5-9-22(24(18)21)36-16-17-6-3-2-4-7-17/h2-13,15,31H,14,16H2,1H3,(H,32,33)(H,34,35). The maximum atomic E-state index is 13.0. The maximum Gasteiger partial charge on any atom is 0.416 e. The number of alkyl halides is 3. The van der Waals surface area contributed by atoms with Crippen LogP contribution in [0.5, 0.6) is 5.75 Å². The smallest absolute Gasteiger partial charge is 0.416 e. The number of halogens is 3. The molecule has 3 aromatic carbocycles. The number of ether oxygens (including phenoxy) is 1. The second-order valence-electron chi connectivity index (χ2n) is 8.50. The lowest BCUT2D eigenvalue weighted by Gasteiger charge is -2.27. The number of fused-ring (bicyclic) bond motifs is 1. The first-order valence-corrected chi connectivity index (χ1v) is 11.1. The molecule has 36 heavy (non-hydrogen) atoms. The molecule has 0 aliphatic rings. The van der Waals surface area contributed by atoms with Crippen molar-refractivity contribution in [1.29, 1.82) is 0 Å². The topological polar surface area (TPSA) is 91.4 Å². The number of carboxylic acid groups (broad SMARTS) is 1. The van der Waals surface area contributed by atoms with E-state index < -0.39 is 29.2 Å². The predicted octanol–water partition coefficient (Wildman–Crippen LogP) is 5.42. The van der Waals surface area contributed by atoms with E-state index in [4.69, 9.17) is 4.74 Å². The first-order valence-electron chi connectivity index (χ1n) is 11.1. The van der Waals surface area contributed by atoms with Crippen LogP contribution in [0, 0.1) is 0 Å². The van der Waals surface area contributed by atoms with Crippen molar-refractivity contribution < 1.29 is 32.6 Å². The Hall–Kier alpha value is -4.27. The number of hydrogen-bond acceptors (Lipinski definition) is 3. The van der Waals surface area contributed by atoms with E-state index in [1.807, 2.05) is 42.5 Å². The molecule has 0 saturated carbocycles. The third-order valence-corrected chi connectivity index (χ3v) is 5.94. The largest absolute Gasteiger partial charge is 0.488 e. The van der Waals surface area contributed by atoms with Gasteiger partial charge in [-0.2, -0.15) is 13.2 Å². The lowest BCUT2D eigenvalue weighted by Crippen LogP contribution is -2.50. The Kier molecular flexibility index (Phi) is 6.74. The molecule has 0 fully saturated rings. The molecule has 186 valence electrons. The maximum absolute atomic E-state index is 13.0. The van der Waals surface area contributed by atoms with Crippen LogP contribution < -0.4 is 10.1 Å². The molecule has 1 atom stereocenters. The van der Waals surface area contributed by atoms with Gasteiger partial charge in [0.25, 0.3) is 0 Å². The van der Waals surface area contributed by atoms with Crippen LogP contribution in [-0.4, -0.2) is 22.0 Å². The summed E-state index contributed by atoms with van der Waals surface area (Å²) >= 11 is 0. The van der Waals surface area contributed by atoms with Gasteiger partial charge in [0.2, 0.25) is 5.91 Å². The van der Waals surface area contributed by atoms with Crippen LogP contribution in [0.1, 0.15) is 29.2 Å². The van der Waals surface area contributed by atoms with Gasteiger partial charge in [0.1, 0.15) is 12.4 Å². The molecule has 1 amide bonds. The highest BCUT2D eigenvalue weighted by atomic mass is 19.4. The predicted molar refractivity (Wildman–Crippen MR) is 127 cm³/mol. The minimum atomic E-state index is -4.56. The number of carbonyl (C=O) groups is 2. The van der Waals surface area contributed by atoms with E-state index in [0.29, 0.717) is 23.3 Å². The van der Waals surface area contributed by atoms with Gasteiger partial charge in [0.15, 0.2) is 5.54 Å². The van der Waals surface area contributed by atoms with E-state index in [9.17, 15) is 27.9 Å². The molecule has 0 spiro atoms. The van der Waals surface area contributed by atoms with Gasteiger partial charge in [0, 0.05) is 17.1 Å². The third kappa shape index (κ3) is 5.19. The van der Waals surface area contributed by atoms with E-state index in [-0.39, 0.29) is 12.0 Å². The van der Waals surface area contributed by atoms with E-state index in [1.54, 1.807) is 12.3 Å². The van der Waals surface area contributed by atoms with E-state index in [1.165, 1.54) is 6.92 Å². The number of benzene rings is 3. The van der Waals surface area contributed by atoms with Crippen LogP contribution in [0.4, 0.5) is 13.2 Å². The molecule has 1 aromatic heterocycles. The average molecular weight is 496 g/mol. The molecule has 4 rings (SSSR count). The number of aromatic nitrogens is 1. The monoisotopic (exact) mass is 496 g/mol. The van der Waals surface area contributed by atoms with Gasteiger partial charge in [-0.25, -0.2) is 4.79 Å². The number of aromatic amines is 1. The molecule has 3 N–H and O–H groups in total. The number of H-pyrrole nitrogens is 1. The normalized spacial score (nSPS) is 13.2. The zero-order chi connectivity index (χ0) is 25.9. The van der Waals surface area contributed by atoms with Crippen molar-refractivity contribution in [3.63, 3.8) is 0 Å². The second-order valence-corrected chi connectivity index (χ2v) is 8.50. The summed E-state index contributed by atoms with van der Waals surface area (Å²) in [5, 5.41) is 13.0. The Morgan fingerprint density at radius 3 is 2.25 bits per heavy atom. The molecule has 4 aromatic rings. The van der Waals surface area contributed by atoms with Crippen molar-refractivity contribution in [2.75, 3.05) is 0 Å². The number of nitrogens with one attached hydrogen (secondary N) is 2. The summed E-state index contributed by atoms with van der Waals surface area (Å²) in [6.07, 6.45) is -3.08. The van der Waals surface area contributed by atoms with Crippen LogP contribution in [0.15, 0.2) is 79.0 Å². The van der Waals surface area contributed by atoms with Crippen molar-refractivity contribution in [1.82, 2.24) is 10.3 Å². The minimum absolute atomic E-state index is 0.0159. The number of carbonyl (C=O) groups excluding carboxylic acids is 1. The summed E-state index contributed by atoms with van der Waals surface area (Å²) < 4.78 is 44.7. The molecule has 0 saturated heterocycles. The number of hydrogen-bond donors (Lipinski definition) is 3. The molecule has 0 aliphatic heterocycles. The van der Waals surface area contributed by atoms with Crippen molar-refractivity contribution in [3.05, 3.63) is 101 Å². The van der Waals surface area contributed by atoms with Crippen LogP contribution in [0.2, 0.25) is 0 Å². The quantitative estimate of drug-likeness (QED) is 0.304. The molecule has 0 radical (unpaired) electrons. The molecule has 0 aliphatic carbocycles. The first kappa shape index (κ1) is 24.8. The van der Waals surface area contributed by atoms with Crippen molar-refractivity contribution in [3.8, 4) is 5.75 Å². The second kappa shape index (κ2) is 9.77. The highest BCUT2D eigenvalue weighted by Crippen LogP contribution is 2.32. The molecule has 1 heterocycles. The van der Waals surface area contributed by atoms with E-state index in [0.717, 1.165) is 35.3 Å². The number of amides is 1. The van der Waals surface area contributed by atoms with Crippen LogP contribution in [0.25, 0.3) is 10.9 Å². The van der Waals surface area contributed by atoms with Crippen LogP contribution in [0.3, 0.4) is 0 Å². The first-order chi connectivity index (χ1) is 17.1. The Bertz CT molecular complexity index is 1380. The Balaban J connectivity index is 1.55. The fourth-order valence-electron chi connectivity index (χ4n) is 3.95. The highest BCUT2D eigenvalue weighted by molar-refractivity contribution is 5.94. The Morgan fingerprint density at radius 2 is 1.61 bits per heavy atom. The Morgan fingerprint density at radius 1 is 0.944 bits per heavy atom. The summed E-state index contributed by atoms with van der Waals surface area (Å²) in [5.41, 5.74) is -0.522. The highest BCUT2D eigenvalue weighted by Gasteiger charge is 2.38. The third-order valence-electron chi connectivity index (χ3n) is 5.94. The lowest BCUT2D eigenvalue weighted by molar-refractivity contribution is -0.147. The van der Waals surface area contributed by atoms with Crippen LogP contribution >= 0.6 is 0 Å². The van der Waals surface area contributed by atoms with Gasteiger partial charge in [0.05, 0.1) is 12.0 Å². The van der Waals surface area contributed by atoms with Gasteiger partial charge in [-0.1, -0.05) is 48.5 Å². The molecule has 6 nitrogen and oxygen atoms in total. The van der Waals surface area contributed by atoms with Gasteiger partial charge < -0.3 is 20.1 Å². The molecular weight excluding hydrogens is 473 g/mol. The lowest BCUT2D eigenvalue weighted by atomic mass is 9.90. The van der Waals surface area contributed by atoms with Crippen LogP contribution in [-0.2, 0) is 34.3 Å². The van der Waals surface area contributed by atoms with Gasteiger partial charge in [-0.3, -0.25) is 4.79 Å². The zero-order valence-corrected chi connectivity index (χ0v) is 19.2. The van der Waals surface area contributed by atoms with Crippen molar-refractivity contribution in [2.24, 2.45) is 0 Å². The van der Waals surface area contributed by atoms with Crippen molar-refractivity contribution in [2.45, 2.75) is 31.7 Å². The SMILES string of the molecule is CC(NC(=O)Cc1c[nH]c2cccc(OCc3ccccc3)c12)(C(=O)O)c1ccc(C(F)(F)F)cc1. The van der Waals surface area contributed by atoms with Gasteiger partial charge in [-0.05, 0) is 47.9 Å². The summed E-state index contributed by atoms with van der Waals surface area (Å²) in [4.78, 5) is 28.1. The summed E-state index contributed by atoms with van der Waals surface area (Å²) in [5.74, 6) is -1.45. The number of aliphatic carboxylic acids is 1. The van der Waals surface area contributed by atoms with E-state index >= 15 is 0 Å². The minimum Gasteiger partial charge on any atom is -0.488 e. The fourth-order valence-corrected chi connectivity index (χ4v) is 3.95. The molecule has 9 heteroatoms. The van der Waals surface area contributed by atoms with Gasteiger partial charge >= 0.3 is 12.1 Å². The van der Waals surface area contributed by atoms with Gasteiger partial charge in [-0.15, -0.1) is 0 Å². The fraction of sp³-hybridized carbons (Fsp3) is 0.185. The summed E-state index contributed by atoms with van der Waals surface area (Å²) in [6, 6.07) is 18.7. The molecular formula is C27H23F3N2O4. The Labute approximate surface area is 204 Å². The molecule has 0 bridgehead atoms. The summed E-state index contributed by atoms with van der Waals surface area (Å²) in [6.45, 7) is 1.56. The van der Waals surface area contributed by atoms with E-state index in [2.05, 4.69) is 10.3 Å². The average Bonchev–Trinajstić information content (AvgIpc) is 3.26. The number of rotatable bonds is 8. The van der Waals surface area contributed by atoms with Crippen molar-refractivity contribution >= 4 is 22.8 Å².